The lowest BCUT2D eigenvalue weighted by Crippen LogP contribution is -2.21. The summed E-state index contributed by atoms with van der Waals surface area (Å²) in [6.07, 6.45) is 2.84. The minimum Gasteiger partial charge on any atom is -0.311 e. The number of hydrogen-bond donors (Lipinski definition) is 1. The molecular formula is C8H15N. The molecule has 0 unspecified atom stereocenters. The van der Waals surface area contributed by atoms with E-state index in [2.05, 4.69) is 19.2 Å². The van der Waals surface area contributed by atoms with Crippen molar-refractivity contribution in [1.82, 2.24) is 5.32 Å². The van der Waals surface area contributed by atoms with E-state index in [1.54, 1.807) is 0 Å². The van der Waals surface area contributed by atoms with Gasteiger partial charge >= 0.3 is 0 Å². The highest BCUT2D eigenvalue weighted by Crippen LogP contribution is 2.36. The van der Waals surface area contributed by atoms with Crippen LogP contribution in [0.25, 0.3) is 0 Å². The largest absolute Gasteiger partial charge is 0.311 e. The van der Waals surface area contributed by atoms with Crippen molar-refractivity contribution in [3.05, 3.63) is 0 Å². The highest BCUT2D eigenvalue weighted by molar-refractivity contribution is 4.98. The summed E-state index contributed by atoms with van der Waals surface area (Å²) in [6, 6.07) is 1.73. The molecule has 0 aliphatic carbocycles. The first-order chi connectivity index (χ1) is 4.27. The average molecular weight is 125 g/mol. The molecule has 2 aliphatic heterocycles. The first kappa shape index (κ1) is 5.72. The summed E-state index contributed by atoms with van der Waals surface area (Å²) in [7, 11) is 0. The normalized spacial score (nSPS) is 56.7. The fraction of sp³-hybridized carbons (Fsp3) is 1.00. The van der Waals surface area contributed by atoms with Crippen LogP contribution in [-0.2, 0) is 0 Å². The van der Waals surface area contributed by atoms with Crippen molar-refractivity contribution in [3.63, 3.8) is 0 Å². The number of hydrogen-bond acceptors (Lipinski definition) is 1. The van der Waals surface area contributed by atoms with E-state index in [4.69, 9.17) is 0 Å². The first-order valence-corrected chi connectivity index (χ1v) is 4.03. The van der Waals surface area contributed by atoms with Gasteiger partial charge in [0.25, 0.3) is 0 Å². The Morgan fingerprint density at radius 2 is 1.44 bits per heavy atom. The lowest BCUT2D eigenvalue weighted by atomic mass is 9.84. The standard InChI is InChI=1S/C8H15N/c1-5-3-8-6(2)4-7(5)9-8/h5-9H,3-4H2,1-2H3/t5-,6-,7-,8+/m1/s1. The van der Waals surface area contributed by atoms with Crippen LogP contribution in [0.5, 0.6) is 0 Å². The molecule has 0 amide bonds. The number of fused-ring (bicyclic) bond motifs is 2. The third-order valence-electron chi connectivity index (χ3n) is 3.05. The van der Waals surface area contributed by atoms with Crippen LogP contribution in [0.3, 0.4) is 0 Å². The third kappa shape index (κ3) is 0.710. The second-order valence-corrected chi connectivity index (χ2v) is 3.81. The summed E-state index contributed by atoms with van der Waals surface area (Å²) in [6.45, 7) is 4.73. The molecule has 2 rings (SSSR count). The lowest BCUT2D eigenvalue weighted by molar-refractivity contribution is 0.365. The molecule has 0 aromatic heterocycles. The summed E-state index contributed by atoms with van der Waals surface area (Å²) >= 11 is 0. The Morgan fingerprint density at radius 1 is 1.00 bits per heavy atom. The Hall–Kier alpha value is -0.0400. The summed E-state index contributed by atoms with van der Waals surface area (Å²) in [5.41, 5.74) is 0. The van der Waals surface area contributed by atoms with Crippen LogP contribution in [-0.4, -0.2) is 12.1 Å². The predicted octanol–water partition coefficient (Wildman–Crippen LogP) is 1.39. The molecule has 2 heterocycles. The summed E-state index contributed by atoms with van der Waals surface area (Å²) < 4.78 is 0. The van der Waals surface area contributed by atoms with Crippen LogP contribution < -0.4 is 5.32 Å². The minimum atomic E-state index is 0.866. The van der Waals surface area contributed by atoms with Gasteiger partial charge in [0.05, 0.1) is 0 Å². The fourth-order valence-electron chi connectivity index (χ4n) is 2.33. The van der Waals surface area contributed by atoms with E-state index >= 15 is 0 Å². The summed E-state index contributed by atoms with van der Waals surface area (Å²) in [5.74, 6) is 1.90. The highest BCUT2D eigenvalue weighted by Gasteiger charge is 2.40. The van der Waals surface area contributed by atoms with E-state index in [1.165, 1.54) is 12.8 Å². The van der Waals surface area contributed by atoms with E-state index in [9.17, 15) is 0 Å². The topological polar surface area (TPSA) is 12.0 Å². The number of rotatable bonds is 0. The van der Waals surface area contributed by atoms with E-state index in [1.807, 2.05) is 0 Å². The molecule has 2 aliphatic rings. The van der Waals surface area contributed by atoms with Crippen LogP contribution in [0.2, 0.25) is 0 Å². The Kier molecular flexibility index (Phi) is 1.10. The van der Waals surface area contributed by atoms with E-state index in [0.717, 1.165) is 23.9 Å². The second kappa shape index (κ2) is 1.72. The molecule has 0 radical (unpaired) electrons. The van der Waals surface area contributed by atoms with Gasteiger partial charge in [-0.05, 0) is 24.7 Å². The summed E-state index contributed by atoms with van der Waals surface area (Å²) in [5, 5.41) is 3.63. The zero-order chi connectivity index (χ0) is 6.43. The second-order valence-electron chi connectivity index (χ2n) is 3.81. The molecule has 1 heteroatoms. The lowest BCUT2D eigenvalue weighted by Gasteiger charge is -2.19. The predicted molar refractivity (Wildman–Crippen MR) is 38.3 cm³/mol. The van der Waals surface area contributed by atoms with Gasteiger partial charge in [0.1, 0.15) is 0 Å². The molecule has 2 saturated heterocycles. The molecule has 4 atom stereocenters. The van der Waals surface area contributed by atoms with Gasteiger partial charge in [-0.15, -0.1) is 0 Å². The van der Waals surface area contributed by atoms with Crippen LogP contribution in [0.1, 0.15) is 26.7 Å². The van der Waals surface area contributed by atoms with Crippen molar-refractivity contribution in [2.45, 2.75) is 38.8 Å². The van der Waals surface area contributed by atoms with Gasteiger partial charge in [0.2, 0.25) is 0 Å². The van der Waals surface area contributed by atoms with Crippen LogP contribution in [0.4, 0.5) is 0 Å². The maximum Gasteiger partial charge on any atom is 0.00990 e. The molecule has 2 bridgehead atoms. The quantitative estimate of drug-likeness (QED) is 0.516. The highest BCUT2D eigenvalue weighted by atomic mass is 15.0. The van der Waals surface area contributed by atoms with E-state index < -0.39 is 0 Å². The molecular weight excluding hydrogens is 110 g/mol. The fourth-order valence-corrected chi connectivity index (χ4v) is 2.33. The Balaban J connectivity index is 2.10. The zero-order valence-electron chi connectivity index (χ0n) is 6.22. The molecule has 1 N–H and O–H groups in total. The van der Waals surface area contributed by atoms with Gasteiger partial charge in [0.15, 0.2) is 0 Å². The molecule has 0 spiro atoms. The Bertz CT molecular complexity index is 104. The van der Waals surface area contributed by atoms with E-state index in [0.29, 0.717) is 0 Å². The van der Waals surface area contributed by atoms with Gasteiger partial charge in [-0.1, -0.05) is 13.8 Å². The summed E-state index contributed by atoms with van der Waals surface area (Å²) in [4.78, 5) is 0. The minimum absolute atomic E-state index is 0.866. The average Bonchev–Trinajstić information content (AvgIpc) is 2.24. The molecule has 0 aromatic carbocycles. The maximum absolute atomic E-state index is 3.63. The van der Waals surface area contributed by atoms with Gasteiger partial charge in [-0.25, -0.2) is 0 Å². The van der Waals surface area contributed by atoms with Crippen molar-refractivity contribution in [3.8, 4) is 0 Å². The van der Waals surface area contributed by atoms with Crippen molar-refractivity contribution < 1.29 is 0 Å². The van der Waals surface area contributed by atoms with Crippen molar-refractivity contribution in [1.29, 1.82) is 0 Å². The SMILES string of the molecule is C[C@@H]1C[C@H]2N[C@H]1C[C@H]2C. The number of nitrogens with one attached hydrogen (secondary N) is 1. The Morgan fingerprint density at radius 3 is 1.67 bits per heavy atom. The zero-order valence-corrected chi connectivity index (χ0v) is 6.22. The molecule has 52 valence electrons. The van der Waals surface area contributed by atoms with Crippen LogP contribution in [0.15, 0.2) is 0 Å². The van der Waals surface area contributed by atoms with Crippen molar-refractivity contribution >= 4 is 0 Å². The molecule has 0 saturated carbocycles. The van der Waals surface area contributed by atoms with Crippen molar-refractivity contribution in [2.24, 2.45) is 11.8 Å². The molecule has 9 heavy (non-hydrogen) atoms. The van der Waals surface area contributed by atoms with Gasteiger partial charge in [-0.3, -0.25) is 0 Å². The maximum atomic E-state index is 3.63. The van der Waals surface area contributed by atoms with Gasteiger partial charge in [0, 0.05) is 12.1 Å². The first-order valence-electron chi connectivity index (χ1n) is 4.03. The monoisotopic (exact) mass is 125 g/mol. The van der Waals surface area contributed by atoms with Crippen molar-refractivity contribution in [2.75, 3.05) is 0 Å². The smallest absolute Gasteiger partial charge is 0.00990 e. The van der Waals surface area contributed by atoms with E-state index in [-0.39, 0.29) is 0 Å². The molecule has 1 nitrogen and oxygen atoms in total. The molecule has 0 aromatic rings. The van der Waals surface area contributed by atoms with Gasteiger partial charge in [-0.2, -0.15) is 0 Å². The third-order valence-corrected chi connectivity index (χ3v) is 3.05. The molecule has 2 fully saturated rings. The van der Waals surface area contributed by atoms with Crippen LogP contribution in [0, 0.1) is 11.8 Å². The van der Waals surface area contributed by atoms with Crippen LogP contribution >= 0.6 is 0 Å². The van der Waals surface area contributed by atoms with Gasteiger partial charge < -0.3 is 5.32 Å². The Labute approximate surface area is 56.8 Å².